The van der Waals surface area contributed by atoms with Crippen LogP contribution < -0.4 is 10.1 Å². The third-order valence-corrected chi connectivity index (χ3v) is 6.45. The minimum absolute atomic E-state index is 0.0774. The molecule has 3 rings (SSSR count). The van der Waals surface area contributed by atoms with E-state index in [1.165, 1.54) is 10.7 Å². The SMILES string of the molecule is CCCOC(=O)c1c(NC(=O)c2ccn(COc3ccc(Cl)c(C)c3)n2)sc(C(=O)OCC)c1C. The zero-order chi connectivity index (χ0) is 25.5. The van der Waals surface area contributed by atoms with Crippen LogP contribution in [-0.2, 0) is 16.2 Å². The summed E-state index contributed by atoms with van der Waals surface area (Å²) >= 11 is 6.99. The molecule has 0 radical (unpaired) electrons. The molecule has 1 N–H and O–H groups in total. The van der Waals surface area contributed by atoms with E-state index in [1.54, 1.807) is 38.2 Å². The number of amides is 1. The number of carbonyl (C=O) groups is 3. The number of nitrogens with one attached hydrogen (secondary N) is 1. The maximum absolute atomic E-state index is 12.9. The van der Waals surface area contributed by atoms with Gasteiger partial charge in [0.1, 0.15) is 15.6 Å². The van der Waals surface area contributed by atoms with Gasteiger partial charge in [0.2, 0.25) is 0 Å². The van der Waals surface area contributed by atoms with Gasteiger partial charge in [-0.2, -0.15) is 5.10 Å². The molecular weight excluding hydrogens is 494 g/mol. The Kier molecular flexibility index (Phi) is 8.89. The molecule has 0 spiro atoms. The minimum atomic E-state index is -0.622. The number of anilines is 1. The van der Waals surface area contributed by atoms with E-state index in [4.69, 9.17) is 25.8 Å². The summed E-state index contributed by atoms with van der Waals surface area (Å²) < 4.78 is 17.5. The number of rotatable bonds is 10. The van der Waals surface area contributed by atoms with Crippen molar-refractivity contribution >= 4 is 45.8 Å². The standard InChI is InChI=1S/C24H26ClN3O6S/c1-5-11-33-23(30)19-15(4)20(24(31)32-6-2)35-22(19)26-21(29)18-9-10-28(27-18)13-34-16-7-8-17(25)14(3)12-16/h7-10,12H,5-6,11,13H2,1-4H3,(H,26,29). The number of aromatic nitrogens is 2. The molecule has 0 fully saturated rings. The lowest BCUT2D eigenvalue weighted by Crippen LogP contribution is -2.16. The van der Waals surface area contributed by atoms with Crippen molar-refractivity contribution in [2.45, 2.75) is 40.8 Å². The number of thiophene rings is 1. The van der Waals surface area contributed by atoms with Gasteiger partial charge in [-0.15, -0.1) is 11.3 Å². The monoisotopic (exact) mass is 519 g/mol. The van der Waals surface area contributed by atoms with Gasteiger partial charge in [0.05, 0.1) is 18.8 Å². The molecule has 3 aromatic rings. The zero-order valence-electron chi connectivity index (χ0n) is 19.8. The van der Waals surface area contributed by atoms with Crippen LogP contribution in [0.2, 0.25) is 5.02 Å². The molecule has 0 atom stereocenters. The Labute approximate surface area is 211 Å². The van der Waals surface area contributed by atoms with Crippen LogP contribution in [0.1, 0.15) is 61.9 Å². The average Bonchev–Trinajstić information content (AvgIpc) is 3.43. The number of nitrogens with zero attached hydrogens (tertiary/aromatic N) is 2. The Morgan fingerprint density at radius 1 is 1.11 bits per heavy atom. The first-order valence-corrected chi connectivity index (χ1v) is 12.2. The van der Waals surface area contributed by atoms with Crippen LogP contribution in [0.3, 0.4) is 0 Å². The highest BCUT2D eigenvalue weighted by Crippen LogP contribution is 2.34. The molecule has 0 bridgehead atoms. The number of halogens is 1. The molecule has 0 aliphatic carbocycles. The van der Waals surface area contributed by atoms with E-state index in [0.717, 1.165) is 16.9 Å². The molecule has 0 aliphatic rings. The van der Waals surface area contributed by atoms with Crippen molar-refractivity contribution < 1.29 is 28.6 Å². The third-order valence-electron chi connectivity index (χ3n) is 4.84. The number of hydrogen-bond donors (Lipinski definition) is 1. The van der Waals surface area contributed by atoms with E-state index in [9.17, 15) is 14.4 Å². The molecule has 9 nitrogen and oxygen atoms in total. The minimum Gasteiger partial charge on any atom is -0.471 e. The Balaban J connectivity index is 1.76. The summed E-state index contributed by atoms with van der Waals surface area (Å²) in [6.07, 6.45) is 2.23. The number of hydrogen-bond acceptors (Lipinski definition) is 8. The van der Waals surface area contributed by atoms with E-state index in [2.05, 4.69) is 10.4 Å². The lowest BCUT2D eigenvalue weighted by Gasteiger charge is -2.08. The fourth-order valence-corrected chi connectivity index (χ4v) is 4.28. The topological polar surface area (TPSA) is 109 Å². The van der Waals surface area contributed by atoms with Gasteiger partial charge in [0, 0.05) is 11.2 Å². The molecule has 2 aromatic heterocycles. The van der Waals surface area contributed by atoms with Crippen LogP contribution in [0.4, 0.5) is 5.00 Å². The van der Waals surface area contributed by atoms with Gasteiger partial charge in [0.15, 0.2) is 12.4 Å². The fourth-order valence-electron chi connectivity index (χ4n) is 3.08. The summed E-state index contributed by atoms with van der Waals surface area (Å²) in [5, 5.41) is 7.75. The summed E-state index contributed by atoms with van der Waals surface area (Å²) in [4.78, 5) is 38.1. The normalized spacial score (nSPS) is 10.7. The van der Waals surface area contributed by atoms with Gasteiger partial charge in [-0.3, -0.25) is 4.79 Å². The van der Waals surface area contributed by atoms with E-state index in [0.29, 0.717) is 22.8 Å². The second-order valence-electron chi connectivity index (χ2n) is 7.50. The van der Waals surface area contributed by atoms with Crippen LogP contribution in [0.5, 0.6) is 5.75 Å². The Hall–Kier alpha value is -3.37. The first-order chi connectivity index (χ1) is 16.7. The second kappa shape index (κ2) is 11.9. The van der Waals surface area contributed by atoms with Crippen LogP contribution in [0.25, 0.3) is 0 Å². The van der Waals surface area contributed by atoms with Crippen molar-refractivity contribution in [3.8, 4) is 5.75 Å². The predicted molar refractivity (Wildman–Crippen MR) is 133 cm³/mol. The molecule has 186 valence electrons. The van der Waals surface area contributed by atoms with Gasteiger partial charge in [0.25, 0.3) is 5.91 Å². The Morgan fingerprint density at radius 3 is 2.57 bits per heavy atom. The number of benzene rings is 1. The van der Waals surface area contributed by atoms with E-state index >= 15 is 0 Å². The Morgan fingerprint density at radius 2 is 1.89 bits per heavy atom. The molecule has 1 aromatic carbocycles. The number of esters is 2. The van der Waals surface area contributed by atoms with Gasteiger partial charge in [-0.25, -0.2) is 14.3 Å². The molecule has 0 aliphatic heterocycles. The predicted octanol–water partition coefficient (Wildman–Crippen LogP) is 5.25. The van der Waals surface area contributed by atoms with Crippen molar-refractivity contribution in [1.29, 1.82) is 0 Å². The van der Waals surface area contributed by atoms with Crippen molar-refractivity contribution in [1.82, 2.24) is 9.78 Å². The molecule has 0 saturated heterocycles. The fraction of sp³-hybridized carbons (Fsp3) is 0.333. The summed E-state index contributed by atoms with van der Waals surface area (Å²) in [7, 11) is 0. The molecule has 2 heterocycles. The molecular formula is C24H26ClN3O6S. The van der Waals surface area contributed by atoms with Gasteiger partial charge in [-0.1, -0.05) is 18.5 Å². The smallest absolute Gasteiger partial charge is 0.348 e. The molecule has 0 unspecified atom stereocenters. The van der Waals surface area contributed by atoms with Crippen LogP contribution in [-0.4, -0.2) is 40.8 Å². The highest BCUT2D eigenvalue weighted by Gasteiger charge is 2.28. The van der Waals surface area contributed by atoms with Gasteiger partial charge in [-0.05, 0) is 62.6 Å². The molecule has 1 amide bonds. The first-order valence-electron chi connectivity index (χ1n) is 11.0. The van der Waals surface area contributed by atoms with Gasteiger partial charge >= 0.3 is 11.9 Å². The summed E-state index contributed by atoms with van der Waals surface area (Å²) in [6.45, 7) is 7.52. The average molecular weight is 520 g/mol. The molecule has 0 saturated carbocycles. The van der Waals surface area contributed by atoms with Gasteiger partial charge < -0.3 is 19.5 Å². The van der Waals surface area contributed by atoms with E-state index < -0.39 is 17.8 Å². The van der Waals surface area contributed by atoms with Crippen molar-refractivity contribution in [3.63, 3.8) is 0 Å². The highest BCUT2D eigenvalue weighted by molar-refractivity contribution is 7.18. The number of carbonyl (C=O) groups excluding carboxylic acids is 3. The maximum atomic E-state index is 12.9. The summed E-state index contributed by atoms with van der Waals surface area (Å²) in [5.74, 6) is -1.13. The largest absolute Gasteiger partial charge is 0.471 e. The zero-order valence-corrected chi connectivity index (χ0v) is 21.4. The maximum Gasteiger partial charge on any atom is 0.348 e. The van der Waals surface area contributed by atoms with E-state index in [-0.39, 0.29) is 41.1 Å². The highest BCUT2D eigenvalue weighted by atomic mass is 35.5. The van der Waals surface area contributed by atoms with Crippen molar-refractivity contribution in [3.05, 3.63) is 62.7 Å². The molecule has 11 heteroatoms. The number of aryl methyl sites for hydroxylation is 1. The third kappa shape index (κ3) is 6.40. The van der Waals surface area contributed by atoms with E-state index in [1.807, 2.05) is 13.8 Å². The van der Waals surface area contributed by atoms with Crippen LogP contribution in [0, 0.1) is 13.8 Å². The van der Waals surface area contributed by atoms with Crippen molar-refractivity contribution in [2.24, 2.45) is 0 Å². The van der Waals surface area contributed by atoms with Crippen LogP contribution >= 0.6 is 22.9 Å². The lowest BCUT2D eigenvalue weighted by molar-refractivity contribution is 0.0506. The number of ether oxygens (including phenoxy) is 3. The summed E-state index contributed by atoms with van der Waals surface area (Å²) in [5.41, 5.74) is 1.51. The first kappa shape index (κ1) is 26.2. The Bertz CT molecular complexity index is 1240. The van der Waals surface area contributed by atoms with Crippen LogP contribution in [0.15, 0.2) is 30.5 Å². The van der Waals surface area contributed by atoms with Crippen molar-refractivity contribution in [2.75, 3.05) is 18.5 Å². The summed E-state index contributed by atoms with van der Waals surface area (Å²) in [6, 6.07) is 6.81. The lowest BCUT2D eigenvalue weighted by atomic mass is 10.1. The second-order valence-corrected chi connectivity index (χ2v) is 8.92. The molecule has 35 heavy (non-hydrogen) atoms. The quantitative estimate of drug-likeness (QED) is 0.364.